The third-order valence-electron chi connectivity index (χ3n) is 4.04. The Labute approximate surface area is 97.8 Å². The van der Waals surface area contributed by atoms with Crippen molar-refractivity contribution in [1.29, 1.82) is 0 Å². The molecule has 3 rings (SSSR count). The topological polar surface area (TPSA) is 69.7 Å². The lowest BCUT2D eigenvalue weighted by atomic mass is 9.65. The van der Waals surface area contributed by atoms with Crippen LogP contribution in [0.2, 0.25) is 0 Å². The standard InChI is InChI=1S/C12H12O5/c1-6-4-12(11(15)16-6)3-2-7-8(5-12)10(14)17-9(7)13/h7-8H,1-5H2. The lowest BCUT2D eigenvalue weighted by Gasteiger charge is -2.33. The van der Waals surface area contributed by atoms with Crippen LogP contribution in [-0.4, -0.2) is 17.9 Å². The third kappa shape index (κ3) is 1.34. The first kappa shape index (κ1) is 10.5. The van der Waals surface area contributed by atoms with Gasteiger partial charge in [0.1, 0.15) is 5.76 Å². The summed E-state index contributed by atoms with van der Waals surface area (Å²) in [5, 5.41) is 0. The van der Waals surface area contributed by atoms with E-state index >= 15 is 0 Å². The summed E-state index contributed by atoms with van der Waals surface area (Å²) in [7, 11) is 0. The zero-order valence-corrected chi connectivity index (χ0v) is 9.23. The molecule has 3 unspecified atom stereocenters. The molecule has 2 saturated heterocycles. The van der Waals surface area contributed by atoms with Crippen LogP contribution >= 0.6 is 0 Å². The van der Waals surface area contributed by atoms with E-state index in [0.29, 0.717) is 31.4 Å². The molecule has 90 valence electrons. The first-order valence-electron chi connectivity index (χ1n) is 5.67. The van der Waals surface area contributed by atoms with Gasteiger partial charge in [-0.05, 0) is 19.3 Å². The summed E-state index contributed by atoms with van der Waals surface area (Å²) >= 11 is 0. The summed E-state index contributed by atoms with van der Waals surface area (Å²) in [4.78, 5) is 34.7. The molecule has 3 aliphatic rings. The average Bonchev–Trinajstić information content (AvgIpc) is 2.67. The number of hydrogen-bond acceptors (Lipinski definition) is 5. The van der Waals surface area contributed by atoms with Crippen molar-refractivity contribution in [2.75, 3.05) is 0 Å². The molecule has 0 aromatic carbocycles. The Hall–Kier alpha value is -1.65. The van der Waals surface area contributed by atoms with Gasteiger partial charge in [-0.25, -0.2) is 0 Å². The number of ether oxygens (including phenoxy) is 2. The molecule has 5 nitrogen and oxygen atoms in total. The molecule has 0 N–H and O–H groups in total. The van der Waals surface area contributed by atoms with E-state index in [1.165, 1.54) is 0 Å². The Balaban J connectivity index is 1.89. The lowest BCUT2D eigenvalue weighted by molar-refractivity contribution is -0.153. The van der Waals surface area contributed by atoms with Crippen LogP contribution in [0.25, 0.3) is 0 Å². The van der Waals surface area contributed by atoms with Crippen LogP contribution in [0.5, 0.6) is 0 Å². The molecule has 2 aliphatic heterocycles. The van der Waals surface area contributed by atoms with Crippen LogP contribution in [-0.2, 0) is 23.9 Å². The van der Waals surface area contributed by atoms with Crippen LogP contribution in [0.3, 0.4) is 0 Å². The average molecular weight is 236 g/mol. The molecule has 0 amide bonds. The molecule has 0 aromatic rings. The van der Waals surface area contributed by atoms with Gasteiger partial charge in [0.05, 0.1) is 17.3 Å². The van der Waals surface area contributed by atoms with Gasteiger partial charge in [0.2, 0.25) is 0 Å². The highest BCUT2D eigenvalue weighted by molar-refractivity contribution is 5.97. The Morgan fingerprint density at radius 3 is 2.47 bits per heavy atom. The van der Waals surface area contributed by atoms with Crippen molar-refractivity contribution in [3.05, 3.63) is 12.3 Å². The second-order valence-electron chi connectivity index (χ2n) is 5.08. The number of hydrogen-bond donors (Lipinski definition) is 0. The minimum Gasteiger partial charge on any atom is -0.431 e. The van der Waals surface area contributed by atoms with E-state index in [4.69, 9.17) is 4.74 Å². The molecule has 0 aromatic heterocycles. The Kier molecular flexibility index (Phi) is 1.97. The summed E-state index contributed by atoms with van der Waals surface area (Å²) in [5.41, 5.74) is -0.651. The number of carbonyl (C=O) groups is 3. The van der Waals surface area contributed by atoms with Gasteiger partial charge in [-0.2, -0.15) is 0 Å². The van der Waals surface area contributed by atoms with Crippen molar-refractivity contribution in [3.63, 3.8) is 0 Å². The van der Waals surface area contributed by atoms with E-state index in [0.717, 1.165) is 0 Å². The molecule has 0 bridgehead atoms. The molecule has 3 atom stereocenters. The molecule has 0 radical (unpaired) electrons. The molecule has 3 fully saturated rings. The highest BCUT2D eigenvalue weighted by Crippen LogP contribution is 2.52. The van der Waals surface area contributed by atoms with Gasteiger partial charge in [-0.15, -0.1) is 0 Å². The summed E-state index contributed by atoms with van der Waals surface area (Å²) in [6, 6.07) is 0. The summed E-state index contributed by atoms with van der Waals surface area (Å²) in [6.07, 6.45) is 1.88. The number of fused-ring (bicyclic) bond motifs is 1. The SMILES string of the molecule is C=C1CC2(CCC3C(=O)OC(=O)C3C2)C(=O)O1. The van der Waals surface area contributed by atoms with Crippen molar-refractivity contribution >= 4 is 17.9 Å². The van der Waals surface area contributed by atoms with E-state index in [-0.39, 0.29) is 11.9 Å². The third-order valence-corrected chi connectivity index (χ3v) is 4.04. The number of carbonyl (C=O) groups excluding carboxylic acids is 3. The first-order chi connectivity index (χ1) is 8.02. The van der Waals surface area contributed by atoms with E-state index in [2.05, 4.69) is 11.3 Å². The first-order valence-corrected chi connectivity index (χ1v) is 5.67. The van der Waals surface area contributed by atoms with Gasteiger partial charge in [-0.1, -0.05) is 6.58 Å². The highest BCUT2D eigenvalue weighted by Gasteiger charge is 2.57. The van der Waals surface area contributed by atoms with Crippen molar-refractivity contribution in [2.24, 2.45) is 17.3 Å². The van der Waals surface area contributed by atoms with Gasteiger partial charge in [0, 0.05) is 6.42 Å². The van der Waals surface area contributed by atoms with Crippen LogP contribution in [0.4, 0.5) is 0 Å². The van der Waals surface area contributed by atoms with E-state index < -0.39 is 23.3 Å². The predicted octanol–water partition coefficient (Wildman–Crippen LogP) is 0.933. The Morgan fingerprint density at radius 2 is 1.82 bits per heavy atom. The van der Waals surface area contributed by atoms with Gasteiger partial charge >= 0.3 is 17.9 Å². The fraction of sp³-hybridized carbons (Fsp3) is 0.583. The molecule has 1 spiro atoms. The molecular weight excluding hydrogens is 224 g/mol. The molecule has 2 heterocycles. The van der Waals surface area contributed by atoms with Crippen LogP contribution in [0, 0.1) is 17.3 Å². The lowest BCUT2D eigenvalue weighted by Crippen LogP contribution is -2.38. The second-order valence-corrected chi connectivity index (χ2v) is 5.08. The van der Waals surface area contributed by atoms with Crippen LogP contribution in [0.15, 0.2) is 12.3 Å². The normalized spacial score (nSPS) is 40.5. The van der Waals surface area contributed by atoms with Gasteiger partial charge in [-0.3, -0.25) is 14.4 Å². The van der Waals surface area contributed by atoms with Crippen molar-refractivity contribution in [2.45, 2.75) is 25.7 Å². The zero-order valence-electron chi connectivity index (χ0n) is 9.23. The number of cyclic esters (lactones) is 3. The van der Waals surface area contributed by atoms with E-state index in [9.17, 15) is 14.4 Å². The van der Waals surface area contributed by atoms with Crippen LogP contribution in [0.1, 0.15) is 25.7 Å². The van der Waals surface area contributed by atoms with Gasteiger partial charge in [0.15, 0.2) is 0 Å². The monoisotopic (exact) mass is 236 g/mol. The fourth-order valence-corrected chi connectivity index (χ4v) is 3.15. The summed E-state index contributed by atoms with van der Waals surface area (Å²) < 4.78 is 9.62. The van der Waals surface area contributed by atoms with Gasteiger partial charge in [0.25, 0.3) is 0 Å². The predicted molar refractivity (Wildman–Crippen MR) is 54.2 cm³/mol. The molecular formula is C12H12O5. The summed E-state index contributed by atoms with van der Waals surface area (Å²) in [6.45, 7) is 3.65. The summed E-state index contributed by atoms with van der Waals surface area (Å²) in [5.74, 6) is -1.65. The number of allylic oxidation sites excluding steroid dienone is 1. The molecule has 1 saturated carbocycles. The van der Waals surface area contributed by atoms with Crippen molar-refractivity contribution < 1.29 is 23.9 Å². The Bertz CT molecular complexity index is 452. The largest absolute Gasteiger partial charge is 0.431 e. The second kappa shape index (κ2) is 3.18. The van der Waals surface area contributed by atoms with Gasteiger partial charge < -0.3 is 9.47 Å². The highest BCUT2D eigenvalue weighted by atomic mass is 16.6. The quantitative estimate of drug-likeness (QED) is 0.462. The number of esters is 3. The molecule has 5 heteroatoms. The number of rotatable bonds is 0. The van der Waals surface area contributed by atoms with Crippen LogP contribution < -0.4 is 0 Å². The van der Waals surface area contributed by atoms with Crippen molar-refractivity contribution in [1.82, 2.24) is 0 Å². The molecule has 17 heavy (non-hydrogen) atoms. The smallest absolute Gasteiger partial charge is 0.317 e. The minimum atomic E-state index is -0.651. The molecule has 1 aliphatic carbocycles. The fourth-order valence-electron chi connectivity index (χ4n) is 3.15. The van der Waals surface area contributed by atoms with E-state index in [1.807, 2.05) is 0 Å². The maximum Gasteiger partial charge on any atom is 0.317 e. The van der Waals surface area contributed by atoms with Crippen molar-refractivity contribution in [3.8, 4) is 0 Å². The van der Waals surface area contributed by atoms with E-state index in [1.54, 1.807) is 0 Å². The minimum absolute atomic E-state index is 0.312. The maximum atomic E-state index is 11.8. The Morgan fingerprint density at radius 1 is 1.12 bits per heavy atom. The maximum absolute atomic E-state index is 11.8. The zero-order chi connectivity index (χ0) is 12.2.